The summed E-state index contributed by atoms with van der Waals surface area (Å²) < 4.78 is 1.62. The number of hydrogen-bond acceptors (Lipinski definition) is 3. The molecular formula is C12H20N4O3. The van der Waals surface area contributed by atoms with Crippen LogP contribution in [0.15, 0.2) is 6.07 Å². The molecule has 2 amide bonds. The van der Waals surface area contributed by atoms with E-state index in [1.165, 1.54) is 0 Å². The minimum atomic E-state index is -1.24. The average Bonchev–Trinajstić information content (AvgIpc) is 2.64. The van der Waals surface area contributed by atoms with Gasteiger partial charge in [0.25, 0.3) is 0 Å². The Hall–Kier alpha value is -2.05. The molecule has 0 unspecified atom stereocenters. The Kier molecular flexibility index (Phi) is 4.52. The number of rotatable bonds is 5. The van der Waals surface area contributed by atoms with Gasteiger partial charge in [0.2, 0.25) is 0 Å². The van der Waals surface area contributed by atoms with E-state index in [-0.39, 0.29) is 0 Å². The third-order valence-electron chi connectivity index (χ3n) is 3.32. The summed E-state index contributed by atoms with van der Waals surface area (Å²) in [6.45, 7) is 5.31. The number of hydrogen-bond donors (Lipinski definition) is 3. The van der Waals surface area contributed by atoms with Gasteiger partial charge in [-0.15, -0.1) is 0 Å². The Labute approximate surface area is 112 Å². The van der Waals surface area contributed by atoms with Crippen LogP contribution in [0.2, 0.25) is 0 Å². The van der Waals surface area contributed by atoms with Crippen LogP contribution < -0.4 is 10.6 Å². The van der Waals surface area contributed by atoms with Crippen LogP contribution in [0.25, 0.3) is 0 Å². The number of carbonyl (C=O) groups is 2. The van der Waals surface area contributed by atoms with E-state index in [1.54, 1.807) is 31.6 Å². The Morgan fingerprint density at radius 1 is 1.42 bits per heavy atom. The summed E-state index contributed by atoms with van der Waals surface area (Å²) in [6, 6.07) is 1.14. The number of amides is 2. The maximum atomic E-state index is 11.8. The molecule has 0 saturated carbocycles. The Morgan fingerprint density at radius 2 is 2.00 bits per heavy atom. The highest BCUT2D eigenvalue weighted by Crippen LogP contribution is 2.16. The Balaban J connectivity index is 2.76. The molecule has 7 heteroatoms. The molecule has 0 aromatic carbocycles. The van der Waals surface area contributed by atoms with Crippen molar-refractivity contribution >= 4 is 17.8 Å². The number of urea groups is 1. The average molecular weight is 268 g/mol. The predicted molar refractivity (Wildman–Crippen MR) is 71.0 cm³/mol. The second kappa shape index (κ2) is 5.73. The standard InChI is InChI=1S/C12H20N4O3/c1-5-12(6-2,10(17)18)14-11(19)13-9-7-8(3)16(4)15-9/h7H,5-6H2,1-4H3,(H,17,18)(H2,13,14,15,19). The van der Waals surface area contributed by atoms with E-state index in [0.29, 0.717) is 18.7 Å². The Morgan fingerprint density at radius 3 is 2.37 bits per heavy atom. The number of carboxylic acid groups (broad SMARTS) is 1. The van der Waals surface area contributed by atoms with Crippen molar-refractivity contribution in [1.82, 2.24) is 15.1 Å². The maximum absolute atomic E-state index is 11.8. The second-order valence-corrected chi connectivity index (χ2v) is 4.47. The van der Waals surface area contributed by atoms with Crippen LogP contribution in [0.1, 0.15) is 32.4 Å². The largest absolute Gasteiger partial charge is 0.480 e. The fourth-order valence-corrected chi connectivity index (χ4v) is 1.77. The monoisotopic (exact) mass is 268 g/mol. The molecule has 1 rings (SSSR count). The van der Waals surface area contributed by atoms with Crippen LogP contribution in [0.4, 0.5) is 10.6 Å². The summed E-state index contributed by atoms with van der Waals surface area (Å²) in [4.78, 5) is 23.1. The van der Waals surface area contributed by atoms with Gasteiger partial charge in [0.1, 0.15) is 5.54 Å². The van der Waals surface area contributed by atoms with Gasteiger partial charge in [-0.2, -0.15) is 5.10 Å². The number of carbonyl (C=O) groups excluding carboxylic acids is 1. The molecule has 7 nitrogen and oxygen atoms in total. The van der Waals surface area contributed by atoms with Gasteiger partial charge in [0.05, 0.1) is 0 Å². The molecule has 0 bridgehead atoms. The van der Waals surface area contributed by atoms with Gasteiger partial charge < -0.3 is 10.4 Å². The topological polar surface area (TPSA) is 96.3 Å². The maximum Gasteiger partial charge on any atom is 0.329 e. The SMILES string of the molecule is CCC(CC)(NC(=O)Nc1cc(C)n(C)n1)C(=O)O. The summed E-state index contributed by atoms with van der Waals surface area (Å²) in [5, 5.41) is 18.3. The van der Waals surface area contributed by atoms with Gasteiger partial charge in [-0.25, -0.2) is 9.59 Å². The molecule has 0 atom stereocenters. The van der Waals surface area contributed by atoms with Crippen molar-refractivity contribution < 1.29 is 14.7 Å². The van der Waals surface area contributed by atoms with Gasteiger partial charge in [-0.3, -0.25) is 10.00 Å². The van der Waals surface area contributed by atoms with E-state index >= 15 is 0 Å². The van der Waals surface area contributed by atoms with E-state index in [4.69, 9.17) is 0 Å². The summed E-state index contributed by atoms with van der Waals surface area (Å²) in [6.07, 6.45) is 0.626. The Bertz CT molecular complexity index is 458. The molecule has 106 valence electrons. The van der Waals surface area contributed by atoms with Gasteiger partial charge in [-0.05, 0) is 19.8 Å². The molecule has 3 N–H and O–H groups in total. The van der Waals surface area contributed by atoms with Gasteiger partial charge in [-0.1, -0.05) is 13.8 Å². The number of nitrogens with zero attached hydrogens (tertiary/aromatic N) is 2. The molecule has 0 radical (unpaired) electrons. The lowest BCUT2D eigenvalue weighted by Crippen LogP contribution is -2.55. The zero-order valence-electron chi connectivity index (χ0n) is 11.6. The summed E-state index contributed by atoms with van der Waals surface area (Å²) in [5.74, 6) is -0.645. The highest BCUT2D eigenvalue weighted by atomic mass is 16.4. The van der Waals surface area contributed by atoms with E-state index in [9.17, 15) is 14.7 Å². The molecule has 0 spiro atoms. The molecule has 0 aliphatic carbocycles. The molecular weight excluding hydrogens is 248 g/mol. The first-order chi connectivity index (χ1) is 8.84. The van der Waals surface area contributed by atoms with E-state index in [0.717, 1.165) is 5.69 Å². The highest BCUT2D eigenvalue weighted by molar-refractivity contribution is 5.93. The minimum absolute atomic E-state index is 0.313. The number of carboxylic acids is 1. The number of aliphatic carboxylic acids is 1. The minimum Gasteiger partial charge on any atom is -0.480 e. The van der Waals surface area contributed by atoms with Crippen LogP contribution in [0, 0.1) is 6.92 Å². The molecule has 1 aromatic heterocycles. The summed E-state index contributed by atoms with van der Waals surface area (Å²) in [5.41, 5.74) is -0.348. The van der Waals surface area contributed by atoms with Crippen molar-refractivity contribution in [3.63, 3.8) is 0 Å². The van der Waals surface area contributed by atoms with Crippen LogP contribution in [0.5, 0.6) is 0 Å². The molecule has 19 heavy (non-hydrogen) atoms. The number of anilines is 1. The first-order valence-corrected chi connectivity index (χ1v) is 6.17. The lowest BCUT2D eigenvalue weighted by Gasteiger charge is -2.27. The van der Waals surface area contributed by atoms with Gasteiger partial charge in [0.15, 0.2) is 5.82 Å². The van der Waals surface area contributed by atoms with Crippen molar-refractivity contribution in [2.24, 2.45) is 7.05 Å². The first-order valence-electron chi connectivity index (χ1n) is 6.17. The van der Waals surface area contributed by atoms with Crippen molar-refractivity contribution in [2.75, 3.05) is 5.32 Å². The predicted octanol–water partition coefficient (Wildman–Crippen LogP) is 1.49. The highest BCUT2D eigenvalue weighted by Gasteiger charge is 2.36. The fourth-order valence-electron chi connectivity index (χ4n) is 1.77. The third kappa shape index (κ3) is 3.24. The molecule has 1 aromatic rings. The van der Waals surface area contributed by atoms with Crippen molar-refractivity contribution in [3.05, 3.63) is 11.8 Å². The molecule has 0 fully saturated rings. The summed E-state index contributed by atoms with van der Waals surface area (Å²) in [7, 11) is 1.76. The van der Waals surface area contributed by atoms with Crippen LogP contribution in [0.3, 0.4) is 0 Å². The first kappa shape index (κ1) is 15.0. The van der Waals surface area contributed by atoms with Gasteiger partial charge in [0, 0.05) is 18.8 Å². The van der Waals surface area contributed by atoms with Crippen LogP contribution in [-0.4, -0.2) is 32.4 Å². The zero-order chi connectivity index (χ0) is 14.6. The number of aryl methyl sites for hydroxylation is 2. The smallest absolute Gasteiger partial charge is 0.329 e. The second-order valence-electron chi connectivity index (χ2n) is 4.47. The molecule has 0 aliphatic heterocycles. The van der Waals surface area contributed by atoms with Crippen LogP contribution >= 0.6 is 0 Å². The van der Waals surface area contributed by atoms with E-state index in [2.05, 4.69) is 15.7 Å². The van der Waals surface area contributed by atoms with E-state index < -0.39 is 17.5 Å². The van der Waals surface area contributed by atoms with E-state index in [1.807, 2.05) is 6.92 Å². The summed E-state index contributed by atoms with van der Waals surface area (Å²) >= 11 is 0. The van der Waals surface area contributed by atoms with Crippen LogP contribution in [-0.2, 0) is 11.8 Å². The molecule has 0 aliphatic rings. The molecule has 1 heterocycles. The lowest BCUT2D eigenvalue weighted by molar-refractivity contribution is -0.144. The van der Waals surface area contributed by atoms with Crippen molar-refractivity contribution in [2.45, 2.75) is 39.2 Å². The fraction of sp³-hybridized carbons (Fsp3) is 0.583. The normalized spacial score (nSPS) is 11.2. The zero-order valence-corrected chi connectivity index (χ0v) is 11.6. The number of aromatic nitrogens is 2. The van der Waals surface area contributed by atoms with Gasteiger partial charge >= 0.3 is 12.0 Å². The quantitative estimate of drug-likeness (QED) is 0.753. The third-order valence-corrected chi connectivity index (χ3v) is 3.32. The number of nitrogens with one attached hydrogen (secondary N) is 2. The molecule has 0 saturated heterocycles. The van der Waals surface area contributed by atoms with Crippen molar-refractivity contribution in [3.8, 4) is 0 Å². The lowest BCUT2D eigenvalue weighted by atomic mass is 9.93. The van der Waals surface area contributed by atoms with Crippen molar-refractivity contribution in [1.29, 1.82) is 0 Å².